The molecular formula is C24H21Cl2FO2. The molecule has 29 heavy (non-hydrogen) atoms. The Morgan fingerprint density at radius 3 is 2.48 bits per heavy atom. The molecule has 0 radical (unpaired) electrons. The first-order valence-electron chi connectivity index (χ1n) is 10.2. The lowest BCUT2D eigenvalue weighted by atomic mass is 9.80. The van der Waals surface area contributed by atoms with Crippen molar-refractivity contribution in [2.75, 3.05) is 0 Å². The predicted octanol–water partition coefficient (Wildman–Crippen LogP) is 6.88. The van der Waals surface area contributed by atoms with Crippen LogP contribution >= 0.6 is 23.2 Å². The smallest absolute Gasteiger partial charge is 0.170 e. The minimum atomic E-state index is -0.511. The third-order valence-electron chi connectivity index (χ3n) is 7.09. The zero-order valence-electron chi connectivity index (χ0n) is 16.0. The molecule has 4 atom stereocenters. The fourth-order valence-electron chi connectivity index (χ4n) is 5.88. The number of aliphatic hydroxyl groups excluding tert-OH is 1. The van der Waals surface area contributed by atoms with Gasteiger partial charge in [0.1, 0.15) is 11.6 Å². The number of benzene rings is 2. The lowest BCUT2D eigenvalue weighted by Gasteiger charge is -2.23. The van der Waals surface area contributed by atoms with Crippen LogP contribution in [0.5, 0.6) is 0 Å². The molecule has 150 valence electrons. The minimum absolute atomic E-state index is 0.0412. The molecule has 0 aromatic heterocycles. The van der Waals surface area contributed by atoms with Gasteiger partial charge in [-0.25, -0.2) is 4.39 Å². The first-order chi connectivity index (χ1) is 13.9. The van der Waals surface area contributed by atoms with Crippen molar-refractivity contribution in [2.24, 2.45) is 23.7 Å². The average molecular weight is 431 g/mol. The molecule has 0 spiro atoms. The lowest BCUT2D eigenvalue weighted by molar-refractivity contribution is -0.118. The van der Waals surface area contributed by atoms with Crippen LogP contribution < -0.4 is 0 Å². The summed E-state index contributed by atoms with van der Waals surface area (Å²) in [6.07, 6.45) is 3.91. The van der Waals surface area contributed by atoms with E-state index >= 15 is 0 Å². The van der Waals surface area contributed by atoms with E-state index < -0.39 is 5.82 Å². The van der Waals surface area contributed by atoms with Crippen LogP contribution in [0.25, 0.3) is 16.7 Å². The highest BCUT2D eigenvalue weighted by Gasteiger charge is 2.57. The summed E-state index contributed by atoms with van der Waals surface area (Å²) >= 11 is 12.2. The second kappa shape index (κ2) is 6.85. The first-order valence-corrected chi connectivity index (χ1v) is 10.9. The maximum absolute atomic E-state index is 14.6. The molecule has 0 saturated heterocycles. The standard InChI is InChI=1S/C24H21Cl2FO2/c1-2-11-3-4-14(19-17(26)9-15(25)10-18(19)27)8-16(11)22-23(28)20-12-5-6-13(7-12)21(20)24(22)29/h3-4,8-10,12-13,20-21,28H,2,5-7H2,1H3/t12-,13-,20-,21+/m0/s1. The number of rotatable bonds is 3. The van der Waals surface area contributed by atoms with E-state index in [1.165, 1.54) is 12.1 Å². The highest BCUT2D eigenvalue weighted by molar-refractivity contribution is 6.36. The molecule has 0 amide bonds. The largest absolute Gasteiger partial charge is 0.511 e. The topological polar surface area (TPSA) is 37.3 Å². The quantitative estimate of drug-likeness (QED) is 0.576. The fraction of sp³-hybridized carbons (Fsp3) is 0.375. The average Bonchev–Trinajstić information content (AvgIpc) is 3.35. The summed E-state index contributed by atoms with van der Waals surface area (Å²) in [5.41, 5.74) is 2.92. The number of hydrogen-bond donors (Lipinski definition) is 1. The number of aryl methyl sites for hydroxylation is 1. The number of allylic oxidation sites excluding steroid dienone is 2. The molecule has 5 rings (SSSR count). The van der Waals surface area contributed by atoms with E-state index in [1.807, 2.05) is 19.1 Å². The molecule has 0 aliphatic heterocycles. The van der Waals surface area contributed by atoms with E-state index in [-0.39, 0.29) is 39.0 Å². The summed E-state index contributed by atoms with van der Waals surface area (Å²) in [6, 6.07) is 8.24. The van der Waals surface area contributed by atoms with Gasteiger partial charge in [0.05, 0.1) is 10.6 Å². The Morgan fingerprint density at radius 1 is 1.10 bits per heavy atom. The summed E-state index contributed by atoms with van der Waals surface area (Å²) in [4.78, 5) is 13.3. The maximum Gasteiger partial charge on any atom is 0.170 e. The van der Waals surface area contributed by atoms with Crippen molar-refractivity contribution in [3.05, 3.63) is 63.1 Å². The van der Waals surface area contributed by atoms with Crippen LogP contribution in [0.4, 0.5) is 4.39 Å². The minimum Gasteiger partial charge on any atom is -0.511 e. The highest BCUT2D eigenvalue weighted by Crippen LogP contribution is 2.60. The third kappa shape index (κ3) is 2.78. The Hall–Kier alpha value is -1.84. The van der Waals surface area contributed by atoms with E-state index in [4.69, 9.17) is 23.2 Å². The first kappa shape index (κ1) is 19.1. The van der Waals surface area contributed by atoms with Crippen LogP contribution in [0.15, 0.2) is 36.1 Å². The molecule has 5 heteroatoms. The third-order valence-corrected chi connectivity index (χ3v) is 7.61. The Bertz CT molecular complexity index is 1050. The van der Waals surface area contributed by atoms with Gasteiger partial charge in [-0.1, -0.05) is 42.3 Å². The van der Waals surface area contributed by atoms with Crippen LogP contribution in [0.2, 0.25) is 10.0 Å². The number of carbonyl (C=O) groups is 1. The van der Waals surface area contributed by atoms with Gasteiger partial charge in [-0.15, -0.1) is 0 Å². The number of ketones is 1. The van der Waals surface area contributed by atoms with Gasteiger partial charge in [0.25, 0.3) is 0 Å². The molecule has 2 aromatic rings. The SMILES string of the molecule is CCc1ccc(-c2c(F)cc(Cl)cc2Cl)cc1C1=C(O)[C@H]2[C@H]3CC[C@@H](C3)[C@H]2C1=O. The second-order valence-corrected chi connectivity index (χ2v) is 9.32. The Balaban J connectivity index is 1.66. The number of carbonyl (C=O) groups excluding carboxylic acids is 1. The fourth-order valence-corrected chi connectivity index (χ4v) is 6.46. The second-order valence-electron chi connectivity index (χ2n) is 8.48. The van der Waals surface area contributed by atoms with E-state index in [0.29, 0.717) is 35.0 Å². The monoisotopic (exact) mass is 430 g/mol. The molecule has 3 aliphatic rings. The molecule has 2 bridgehead atoms. The number of aliphatic hydroxyl groups is 1. The number of fused-ring (bicyclic) bond motifs is 5. The molecule has 2 nitrogen and oxygen atoms in total. The highest BCUT2D eigenvalue weighted by atomic mass is 35.5. The summed E-state index contributed by atoms with van der Waals surface area (Å²) in [5, 5.41) is 11.5. The Kier molecular flexibility index (Phi) is 4.52. The van der Waals surface area contributed by atoms with Crippen molar-refractivity contribution in [1.29, 1.82) is 0 Å². The molecule has 2 aromatic carbocycles. The van der Waals surface area contributed by atoms with Crippen LogP contribution in [0.1, 0.15) is 37.3 Å². The van der Waals surface area contributed by atoms with Gasteiger partial charge in [-0.05, 0) is 72.4 Å². The van der Waals surface area contributed by atoms with Crippen molar-refractivity contribution < 1.29 is 14.3 Å². The summed E-state index contributed by atoms with van der Waals surface area (Å²) in [5.74, 6) is 0.435. The van der Waals surface area contributed by atoms with Gasteiger partial charge in [-0.3, -0.25) is 4.79 Å². The van der Waals surface area contributed by atoms with E-state index in [1.54, 1.807) is 6.07 Å². The Morgan fingerprint density at radius 2 is 1.83 bits per heavy atom. The molecule has 0 unspecified atom stereocenters. The number of Topliss-reactive ketones (excluding diaryl/α,β-unsaturated/α-hetero) is 1. The summed E-state index contributed by atoms with van der Waals surface area (Å²) in [6.45, 7) is 2.01. The molecule has 2 saturated carbocycles. The van der Waals surface area contributed by atoms with Gasteiger partial charge in [0.2, 0.25) is 0 Å². The number of hydrogen-bond acceptors (Lipinski definition) is 2. The van der Waals surface area contributed by atoms with Gasteiger partial charge in [-0.2, -0.15) is 0 Å². The van der Waals surface area contributed by atoms with Gasteiger partial charge in [0.15, 0.2) is 5.78 Å². The summed E-state index contributed by atoms with van der Waals surface area (Å²) < 4.78 is 14.6. The van der Waals surface area contributed by atoms with Crippen LogP contribution in [0.3, 0.4) is 0 Å². The van der Waals surface area contributed by atoms with Crippen molar-refractivity contribution in [3.63, 3.8) is 0 Å². The zero-order valence-corrected chi connectivity index (χ0v) is 17.5. The maximum atomic E-state index is 14.6. The van der Waals surface area contributed by atoms with Crippen molar-refractivity contribution in [1.82, 2.24) is 0 Å². The van der Waals surface area contributed by atoms with Gasteiger partial charge < -0.3 is 5.11 Å². The lowest BCUT2D eigenvalue weighted by Crippen LogP contribution is -2.24. The molecule has 2 fully saturated rings. The number of halogens is 3. The molecule has 3 aliphatic carbocycles. The van der Waals surface area contributed by atoms with Gasteiger partial charge >= 0.3 is 0 Å². The normalized spacial score (nSPS) is 27.8. The molecular weight excluding hydrogens is 410 g/mol. The van der Waals surface area contributed by atoms with E-state index in [9.17, 15) is 14.3 Å². The van der Waals surface area contributed by atoms with E-state index in [0.717, 1.165) is 24.8 Å². The Labute approximate surface area is 179 Å². The van der Waals surface area contributed by atoms with Crippen LogP contribution in [-0.4, -0.2) is 10.9 Å². The van der Waals surface area contributed by atoms with Crippen molar-refractivity contribution in [2.45, 2.75) is 32.6 Å². The van der Waals surface area contributed by atoms with E-state index in [2.05, 4.69) is 0 Å². The van der Waals surface area contributed by atoms with Crippen LogP contribution in [0, 0.1) is 29.5 Å². The van der Waals surface area contributed by atoms with Gasteiger partial charge in [0, 0.05) is 22.4 Å². The summed E-state index contributed by atoms with van der Waals surface area (Å²) in [7, 11) is 0. The van der Waals surface area contributed by atoms with Crippen molar-refractivity contribution >= 4 is 34.6 Å². The van der Waals surface area contributed by atoms with Crippen molar-refractivity contribution in [3.8, 4) is 11.1 Å². The predicted molar refractivity (Wildman–Crippen MR) is 114 cm³/mol. The molecule has 1 N–H and O–H groups in total. The molecule has 0 heterocycles. The van der Waals surface area contributed by atoms with Crippen LogP contribution in [-0.2, 0) is 11.2 Å². The zero-order chi connectivity index (χ0) is 20.4.